The molecule has 2 atom stereocenters. The normalized spacial score (nSPS) is 19.4. The summed E-state index contributed by atoms with van der Waals surface area (Å²) in [6.45, 7) is 6.32. The number of carbonyl (C=O) groups is 1. The molecule has 0 unspecified atom stereocenters. The van der Waals surface area contributed by atoms with Gasteiger partial charge in [0.1, 0.15) is 17.7 Å². The molecule has 0 saturated carbocycles. The molecule has 1 fully saturated rings. The zero-order chi connectivity index (χ0) is 21.8. The number of hydrogen-bond acceptors (Lipinski definition) is 4. The number of esters is 1. The number of halogens is 1. The first-order valence-electron chi connectivity index (χ1n) is 10.4. The molecular formula is C25H29FO4. The second kappa shape index (κ2) is 9.43. The fourth-order valence-corrected chi connectivity index (χ4v) is 3.94. The molecular weight excluding hydrogens is 383 g/mol. The summed E-state index contributed by atoms with van der Waals surface area (Å²) in [6.07, 6.45) is 3.77. The summed E-state index contributed by atoms with van der Waals surface area (Å²) < 4.78 is 24.8. The zero-order valence-electron chi connectivity index (χ0n) is 17.9. The Morgan fingerprint density at radius 1 is 1.30 bits per heavy atom. The highest BCUT2D eigenvalue weighted by molar-refractivity contribution is 5.84. The SMILES string of the molecule is CCc1cc(C(C)C)c(C=C[C@@H]2C[C@@H](O)CC(=O)O2)c(-c2ccc(F)cc2)c1OC. The van der Waals surface area contributed by atoms with Crippen LogP contribution >= 0.6 is 0 Å². The minimum atomic E-state index is -0.695. The minimum absolute atomic E-state index is 0.0292. The maximum Gasteiger partial charge on any atom is 0.309 e. The van der Waals surface area contributed by atoms with Gasteiger partial charge in [-0.15, -0.1) is 0 Å². The maximum absolute atomic E-state index is 13.6. The van der Waals surface area contributed by atoms with Crippen molar-refractivity contribution in [1.82, 2.24) is 0 Å². The lowest BCUT2D eigenvalue weighted by molar-refractivity contribution is -0.156. The Balaban J connectivity index is 2.19. The number of ether oxygens (including phenoxy) is 2. The molecule has 1 aliphatic rings. The van der Waals surface area contributed by atoms with Crippen molar-refractivity contribution < 1.29 is 23.8 Å². The molecule has 0 spiro atoms. The summed E-state index contributed by atoms with van der Waals surface area (Å²) in [5, 5.41) is 9.91. The second-order valence-electron chi connectivity index (χ2n) is 7.94. The topological polar surface area (TPSA) is 55.8 Å². The third kappa shape index (κ3) is 4.73. The van der Waals surface area contributed by atoms with Gasteiger partial charge in [0, 0.05) is 12.0 Å². The highest BCUT2D eigenvalue weighted by atomic mass is 19.1. The molecule has 0 aromatic heterocycles. The molecule has 0 radical (unpaired) electrons. The van der Waals surface area contributed by atoms with Gasteiger partial charge in [-0.25, -0.2) is 4.39 Å². The van der Waals surface area contributed by atoms with Gasteiger partial charge in [-0.3, -0.25) is 4.79 Å². The predicted octanol–water partition coefficient (Wildman–Crippen LogP) is 5.27. The average molecular weight is 413 g/mol. The number of cyclic esters (lactones) is 1. The minimum Gasteiger partial charge on any atom is -0.496 e. The van der Waals surface area contributed by atoms with Crippen LogP contribution in [0.3, 0.4) is 0 Å². The third-order valence-corrected chi connectivity index (χ3v) is 5.44. The summed E-state index contributed by atoms with van der Waals surface area (Å²) in [5.41, 5.74) is 4.90. The Morgan fingerprint density at radius 3 is 2.57 bits per heavy atom. The van der Waals surface area contributed by atoms with Crippen molar-refractivity contribution in [2.24, 2.45) is 0 Å². The maximum atomic E-state index is 13.6. The van der Waals surface area contributed by atoms with Gasteiger partial charge in [0.05, 0.1) is 19.6 Å². The first-order valence-corrected chi connectivity index (χ1v) is 10.4. The van der Waals surface area contributed by atoms with E-state index < -0.39 is 18.2 Å². The number of benzene rings is 2. The van der Waals surface area contributed by atoms with Crippen molar-refractivity contribution in [3.63, 3.8) is 0 Å². The lowest BCUT2D eigenvalue weighted by atomic mass is 9.86. The molecule has 3 rings (SSSR count). The zero-order valence-corrected chi connectivity index (χ0v) is 17.9. The Hall–Kier alpha value is -2.66. The lowest BCUT2D eigenvalue weighted by Gasteiger charge is -2.25. The van der Waals surface area contributed by atoms with Crippen LogP contribution in [-0.4, -0.2) is 30.4 Å². The predicted molar refractivity (Wildman–Crippen MR) is 116 cm³/mol. The average Bonchev–Trinajstić information content (AvgIpc) is 2.70. The fourth-order valence-electron chi connectivity index (χ4n) is 3.94. The summed E-state index contributed by atoms with van der Waals surface area (Å²) in [4.78, 5) is 11.7. The van der Waals surface area contributed by atoms with E-state index in [2.05, 4.69) is 26.8 Å². The van der Waals surface area contributed by atoms with Crippen LogP contribution in [0.15, 0.2) is 36.4 Å². The molecule has 30 heavy (non-hydrogen) atoms. The molecule has 1 aliphatic heterocycles. The molecule has 1 heterocycles. The summed E-state index contributed by atoms with van der Waals surface area (Å²) >= 11 is 0. The molecule has 2 aromatic carbocycles. The quantitative estimate of drug-likeness (QED) is 0.657. The number of carbonyl (C=O) groups excluding carboxylic acids is 1. The first kappa shape index (κ1) is 22.0. The lowest BCUT2D eigenvalue weighted by Crippen LogP contribution is -2.31. The summed E-state index contributed by atoms with van der Waals surface area (Å²) in [5.74, 6) is 0.298. The number of hydrogen-bond donors (Lipinski definition) is 1. The van der Waals surface area contributed by atoms with Crippen molar-refractivity contribution in [1.29, 1.82) is 0 Å². The first-order chi connectivity index (χ1) is 14.3. The second-order valence-corrected chi connectivity index (χ2v) is 7.94. The number of aryl methyl sites for hydroxylation is 1. The number of methoxy groups -OCH3 is 1. The van der Waals surface area contributed by atoms with Crippen LogP contribution in [0.2, 0.25) is 0 Å². The van der Waals surface area contributed by atoms with Gasteiger partial charge in [0.15, 0.2) is 0 Å². The van der Waals surface area contributed by atoms with E-state index in [1.54, 1.807) is 19.2 Å². The molecule has 2 aromatic rings. The summed E-state index contributed by atoms with van der Waals surface area (Å²) in [6, 6.07) is 8.53. The van der Waals surface area contributed by atoms with Crippen LogP contribution in [-0.2, 0) is 16.0 Å². The molecule has 1 N–H and O–H groups in total. The number of aliphatic hydroxyl groups excluding tert-OH is 1. The Morgan fingerprint density at radius 2 is 2.00 bits per heavy atom. The van der Waals surface area contributed by atoms with Crippen LogP contribution in [0.1, 0.15) is 56.2 Å². The van der Waals surface area contributed by atoms with Gasteiger partial charge in [0.25, 0.3) is 0 Å². The van der Waals surface area contributed by atoms with E-state index in [1.165, 1.54) is 12.1 Å². The van der Waals surface area contributed by atoms with Gasteiger partial charge in [-0.05, 0) is 52.8 Å². The Bertz CT molecular complexity index is 931. The number of aliphatic hydroxyl groups is 1. The highest BCUT2D eigenvalue weighted by Crippen LogP contribution is 2.42. The van der Waals surface area contributed by atoms with Gasteiger partial charge in [-0.2, -0.15) is 0 Å². The van der Waals surface area contributed by atoms with Crippen LogP contribution in [0.4, 0.5) is 4.39 Å². The van der Waals surface area contributed by atoms with E-state index in [0.29, 0.717) is 6.42 Å². The molecule has 4 nitrogen and oxygen atoms in total. The molecule has 0 aliphatic carbocycles. The van der Waals surface area contributed by atoms with E-state index in [-0.39, 0.29) is 18.2 Å². The number of rotatable bonds is 6. The van der Waals surface area contributed by atoms with E-state index in [1.807, 2.05) is 12.2 Å². The molecule has 5 heteroatoms. The van der Waals surface area contributed by atoms with E-state index >= 15 is 0 Å². The smallest absolute Gasteiger partial charge is 0.309 e. The van der Waals surface area contributed by atoms with E-state index in [4.69, 9.17) is 9.47 Å². The van der Waals surface area contributed by atoms with Crippen molar-refractivity contribution in [2.45, 2.75) is 58.2 Å². The molecule has 160 valence electrons. The Labute approximate surface area is 177 Å². The van der Waals surface area contributed by atoms with Crippen molar-refractivity contribution >= 4 is 12.0 Å². The Kier molecular flexibility index (Phi) is 6.93. The monoisotopic (exact) mass is 412 g/mol. The van der Waals surface area contributed by atoms with Gasteiger partial charge in [-0.1, -0.05) is 45.0 Å². The molecule has 0 bridgehead atoms. The van der Waals surface area contributed by atoms with Crippen molar-refractivity contribution in [2.75, 3.05) is 7.11 Å². The highest BCUT2D eigenvalue weighted by Gasteiger charge is 2.26. The molecule has 0 amide bonds. The fraction of sp³-hybridized carbons (Fsp3) is 0.400. The molecule has 1 saturated heterocycles. The van der Waals surface area contributed by atoms with Gasteiger partial charge in [0.2, 0.25) is 0 Å². The van der Waals surface area contributed by atoms with E-state index in [9.17, 15) is 14.3 Å². The largest absolute Gasteiger partial charge is 0.496 e. The van der Waals surface area contributed by atoms with Gasteiger partial charge < -0.3 is 14.6 Å². The standard InChI is InChI=1S/C25H29FO4/c1-5-16-12-22(15(2)3)21(11-10-20-13-19(27)14-23(28)30-20)24(25(16)29-4)17-6-8-18(26)9-7-17/h6-12,15,19-20,27H,5,13-14H2,1-4H3/t19-,20-/m1/s1. The van der Waals surface area contributed by atoms with Crippen LogP contribution in [0.5, 0.6) is 5.75 Å². The summed E-state index contributed by atoms with van der Waals surface area (Å²) in [7, 11) is 1.64. The van der Waals surface area contributed by atoms with Crippen LogP contribution < -0.4 is 4.74 Å². The van der Waals surface area contributed by atoms with E-state index in [0.717, 1.165) is 40.0 Å². The van der Waals surface area contributed by atoms with Crippen molar-refractivity contribution in [3.8, 4) is 16.9 Å². The van der Waals surface area contributed by atoms with Gasteiger partial charge >= 0.3 is 5.97 Å². The van der Waals surface area contributed by atoms with Crippen LogP contribution in [0, 0.1) is 5.82 Å². The van der Waals surface area contributed by atoms with Crippen molar-refractivity contribution in [3.05, 3.63) is 58.9 Å². The third-order valence-electron chi connectivity index (χ3n) is 5.44. The van der Waals surface area contributed by atoms with Crippen LogP contribution in [0.25, 0.3) is 17.2 Å².